The minimum Gasteiger partial charge on any atom is -0.507 e. The summed E-state index contributed by atoms with van der Waals surface area (Å²) in [6.07, 6.45) is -11.7. The van der Waals surface area contributed by atoms with Crippen molar-refractivity contribution in [2.75, 3.05) is 0 Å². The molecule has 0 bridgehead atoms. The van der Waals surface area contributed by atoms with Gasteiger partial charge in [0, 0.05) is 0 Å². The van der Waals surface area contributed by atoms with E-state index < -0.39 is 28.9 Å². The summed E-state index contributed by atoms with van der Waals surface area (Å²) >= 11 is 0. The van der Waals surface area contributed by atoms with Crippen LogP contribution in [0.3, 0.4) is 0 Å². The maximum absolute atomic E-state index is 14.8. The van der Waals surface area contributed by atoms with E-state index in [1.165, 1.54) is 36.4 Å². The molecule has 0 spiro atoms. The molecule has 2 heterocycles. The van der Waals surface area contributed by atoms with Gasteiger partial charge in [0.1, 0.15) is 22.5 Å². The highest BCUT2D eigenvalue weighted by Gasteiger charge is 2.72. The first kappa shape index (κ1) is 26.2. The molecule has 0 aliphatic rings. The zero-order valence-corrected chi connectivity index (χ0v) is 20.5. The summed E-state index contributed by atoms with van der Waals surface area (Å²) in [4.78, 5) is 8.12. The van der Waals surface area contributed by atoms with Gasteiger partial charge in [-0.25, -0.2) is 9.97 Å². The molecular weight excluding hydrogens is 554 g/mol. The molecule has 0 saturated carbocycles. The van der Waals surface area contributed by atoms with Crippen LogP contribution in [0.25, 0.3) is 45.1 Å². The highest BCUT2D eigenvalue weighted by atomic mass is 19.4. The Bertz CT molecular complexity index is 1780. The molecule has 4 aromatic carbocycles. The number of hydrogen-bond acceptors (Lipinski definition) is 6. The van der Waals surface area contributed by atoms with Crippen molar-refractivity contribution in [3.8, 4) is 34.4 Å². The normalized spacial score (nSPS) is 12.8. The Hall–Kier alpha value is -5.00. The van der Waals surface area contributed by atoms with Crippen molar-refractivity contribution >= 4 is 22.2 Å². The standard InChI is InChI=1S/C29H16F6N2O4/c30-28(31,32)27(29(33,34)35,15-9-11-23-19(13-15)36-25(40-23)17-5-1-3-7-21(17)38)16-10-12-24-20(14-16)37-26(41-24)18-6-2-4-8-22(18)39/h1-14,38-39H. The number of nitrogens with zero attached hydrogens (tertiary/aromatic N) is 2. The molecular formula is C29H16F6N2O4. The lowest BCUT2D eigenvalue weighted by molar-refractivity contribution is -0.288. The molecule has 0 radical (unpaired) electrons. The van der Waals surface area contributed by atoms with E-state index in [4.69, 9.17) is 8.83 Å². The largest absolute Gasteiger partial charge is 0.507 e. The summed E-state index contributed by atoms with van der Waals surface area (Å²) in [5.74, 6) is -0.826. The van der Waals surface area contributed by atoms with E-state index >= 15 is 0 Å². The molecule has 0 aliphatic carbocycles. The van der Waals surface area contributed by atoms with E-state index in [1.54, 1.807) is 12.1 Å². The van der Waals surface area contributed by atoms with Gasteiger partial charge in [-0.3, -0.25) is 0 Å². The van der Waals surface area contributed by atoms with Crippen LogP contribution in [0.1, 0.15) is 11.1 Å². The average molecular weight is 570 g/mol. The number of fused-ring (bicyclic) bond motifs is 2. The van der Waals surface area contributed by atoms with Crippen molar-refractivity contribution in [2.24, 2.45) is 0 Å². The van der Waals surface area contributed by atoms with Crippen molar-refractivity contribution in [1.29, 1.82) is 0 Å². The predicted molar refractivity (Wildman–Crippen MR) is 135 cm³/mol. The minimum atomic E-state index is -5.86. The second-order valence-corrected chi connectivity index (χ2v) is 9.18. The number of phenolic OH excluding ortho intramolecular Hbond substituents is 2. The Morgan fingerprint density at radius 2 is 0.927 bits per heavy atom. The third-order valence-electron chi connectivity index (χ3n) is 6.76. The number of para-hydroxylation sites is 2. The molecule has 0 atom stereocenters. The van der Waals surface area contributed by atoms with Crippen LogP contribution in [0.4, 0.5) is 26.3 Å². The Morgan fingerprint density at radius 3 is 1.29 bits per heavy atom. The zero-order chi connectivity index (χ0) is 29.2. The van der Waals surface area contributed by atoms with Gasteiger partial charge in [-0.05, 0) is 59.7 Å². The summed E-state index contributed by atoms with van der Waals surface area (Å²) in [6.45, 7) is 0. The maximum Gasteiger partial charge on any atom is 0.411 e. The van der Waals surface area contributed by atoms with Gasteiger partial charge >= 0.3 is 12.4 Å². The first-order valence-electron chi connectivity index (χ1n) is 11.9. The molecule has 2 N–H and O–H groups in total. The number of hydrogen-bond donors (Lipinski definition) is 2. The van der Waals surface area contributed by atoms with E-state index in [0.717, 1.165) is 12.1 Å². The molecule has 6 aromatic rings. The smallest absolute Gasteiger partial charge is 0.411 e. The number of alkyl halides is 6. The fourth-order valence-electron chi connectivity index (χ4n) is 4.84. The lowest BCUT2D eigenvalue weighted by Crippen LogP contribution is -2.54. The number of rotatable bonds is 4. The van der Waals surface area contributed by atoms with Crippen LogP contribution >= 0.6 is 0 Å². The first-order valence-corrected chi connectivity index (χ1v) is 11.9. The molecule has 0 unspecified atom stereocenters. The van der Waals surface area contributed by atoms with Crippen molar-refractivity contribution in [3.05, 3.63) is 96.1 Å². The van der Waals surface area contributed by atoms with Gasteiger partial charge in [-0.2, -0.15) is 26.3 Å². The van der Waals surface area contributed by atoms with Gasteiger partial charge in [0.25, 0.3) is 0 Å². The van der Waals surface area contributed by atoms with Crippen molar-refractivity contribution in [2.45, 2.75) is 17.8 Å². The molecule has 12 heteroatoms. The van der Waals surface area contributed by atoms with Crippen molar-refractivity contribution in [3.63, 3.8) is 0 Å². The van der Waals surface area contributed by atoms with Crippen LogP contribution < -0.4 is 0 Å². The van der Waals surface area contributed by atoms with Gasteiger partial charge in [0.05, 0.1) is 11.1 Å². The highest BCUT2D eigenvalue weighted by Crippen LogP contribution is 2.57. The molecule has 208 valence electrons. The lowest BCUT2D eigenvalue weighted by Gasteiger charge is -2.38. The Kier molecular flexibility index (Phi) is 5.77. The number of benzene rings is 4. The van der Waals surface area contributed by atoms with Crippen molar-refractivity contribution < 1.29 is 45.4 Å². The number of aromatic hydroxyl groups is 2. The summed E-state index contributed by atoms with van der Waals surface area (Å²) in [6, 6.07) is 16.3. The predicted octanol–water partition coefficient (Wildman–Crippen LogP) is 8.12. The molecule has 41 heavy (non-hydrogen) atoms. The molecule has 0 amide bonds. The van der Waals surface area contributed by atoms with Gasteiger partial charge < -0.3 is 19.0 Å². The number of aromatic nitrogens is 2. The third kappa shape index (κ3) is 4.05. The second kappa shape index (κ2) is 9.01. The van der Waals surface area contributed by atoms with Gasteiger partial charge in [-0.1, -0.05) is 36.4 Å². The Labute approximate surface area is 226 Å². The molecule has 6 rings (SSSR count). The third-order valence-corrected chi connectivity index (χ3v) is 6.76. The van der Waals surface area contributed by atoms with Crippen molar-refractivity contribution in [1.82, 2.24) is 9.97 Å². The van der Waals surface area contributed by atoms with E-state index in [2.05, 4.69) is 9.97 Å². The van der Waals surface area contributed by atoms with E-state index in [9.17, 15) is 36.6 Å². The zero-order valence-electron chi connectivity index (χ0n) is 20.5. The molecule has 0 fully saturated rings. The Balaban J connectivity index is 1.56. The fraction of sp³-hybridized carbons (Fsp3) is 0.103. The van der Waals surface area contributed by atoms with Gasteiger partial charge in [0.2, 0.25) is 17.2 Å². The summed E-state index contributed by atoms with van der Waals surface area (Å²) in [7, 11) is 0. The monoisotopic (exact) mass is 570 g/mol. The average Bonchev–Trinajstić information content (AvgIpc) is 3.51. The lowest BCUT2D eigenvalue weighted by atomic mass is 9.72. The maximum atomic E-state index is 14.8. The van der Waals surface area contributed by atoms with E-state index in [-0.39, 0.29) is 56.6 Å². The number of phenols is 2. The number of oxazole rings is 2. The molecule has 6 nitrogen and oxygen atoms in total. The van der Waals surface area contributed by atoms with Gasteiger partial charge in [0.15, 0.2) is 11.2 Å². The topological polar surface area (TPSA) is 92.5 Å². The minimum absolute atomic E-state index is 0.0792. The second-order valence-electron chi connectivity index (χ2n) is 9.18. The summed E-state index contributed by atoms with van der Waals surface area (Å²) in [5, 5.41) is 20.2. The molecule has 0 saturated heterocycles. The fourth-order valence-corrected chi connectivity index (χ4v) is 4.84. The quantitative estimate of drug-likeness (QED) is 0.208. The van der Waals surface area contributed by atoms with Crippen LogP contribution in [0.2, 0.25) is 0 Å². The summed E-state index contributed by atoms with van der Waals surface area (Å²) in [5.41, 5.74) is -7.26. The summed E-state index contributed by atoms with van der Waals surface area (Å²) < 4.78 is 99.9. The Morgan fingerprint density at radius 1 is 0.537 bits per heavy atom. The SMILES string of the molecule is Oc1ccccc1-c1nc2cc(C(c3ccc4oc(-c5ccccc5O)nc4c3)(C(F)(F)F)C(F)(F)F)ccc2o1. The van der Waals surface area contributed by atoms with E-state index in [1.807, 2.05) is 0 Å². The van der Waals surface area contributed by atoms with Crippen LogP contribution in [0, 0.1) is 0 Å². The van der Waals surface area contributed by atoms with Crippen LogP contribution in [0.5, 0.6) is 11.5 Å². The van der Waals surface area contributed by atoms with Crippen LogP contribution in [0.15, 0.2) is 93.8 Å². The molecule has 2 aromatic heterocycles. The van der Waals surface area contributed by atoms with E-state index in [0.29, 0.717) is 24.3 Å². The van der Waals surface area contributed by atoms with Crippen LogP contribution in [-0.2, 0) is 5.41 Å². The highest BCUT2D eigenvalue weighted by molar-refractivity contribution is 5.81. The number of halogens is 6. The van der Waals surface area contributed by atoms with Gasteiger partial charge in [-0.15, -0.1) is 0 Å². The van der Waals surface area contributed by atoms with Crippen LogP contribution in [-0.4, -0.2) is 32.5 Å². The first-order chi connectivity index (χ1) is 19.4. The molecule has 0 aliphatic heterocycles.